The van der Waals surface area contributed by atoms with Crippen molar-refractivity contribution in [2.75, 3.05) is 36.4 Å². The van der Waals surface area contributed by atoms with Crippen molar-refractivity contribution in [1.29, 1.82) is 0 Å². The first kappa shape index (κ1) is 19.0. The highest BCUT2D eigenvalue weighted by Gasteiger charge is 2.22. The molecule has 7 nitrogen and oxygen atoms in total. The standard InChI is InChI=1S/C19H23N7S2/c1-14-4-5-16(12-15(14)2)22-18-23-26(19(27)28-18)13-24-8-10-25(11-9-24)17-20-6-3-7-21-17/h3-7,12H,8-11,13H2,1-2H3,(H,22,23)/p+1. The van der Waals surface area contributed by atoms with Crippen molar-refractivity contribution in [3.8, 4) is 0 Å². The van der Waals surface area contributed by atoms with Crippen molar-refractivity contribution in [3.05, 3.63) is 51.7 Å². The lowest BCUT2D eigenvalue weighted by molar-refractivity contribution is -0.924. The number of rotatable bonds is 5. The molecule has 28 heavy (non-hydrogen) atoms. The second-order valence-corrected chi connectivity index (χ2v) is 8.66. The quantitative estimate of drug-likeness (QED) is 0.624. The first-order valence-electron chi connectivity index (χ1n) is 9.36. The van der Waals surface area contributed by atoms with E-state index in [4.69, 9.17) is 12.2 Å². The number of nitrogens with one attached hydrogen (secondary N) is 2. The summed E-state index contributed by atoms with van der Waals surface area (Å²) in [5.41, 5.74) is 3.59. The minimum atomic E-state index is 0.785. The zero-order valence-corrected chi connectivity index (χ0v) is 17.7. The molecule has 0 aliphatic carbocycles. The van der Waals surface area contributed by atoms with Gasteiger partial charge in [0.2, 0.25) is 11.1 Å². The fourth-order valence-electron chi connectivity index (χ4n) is 3.25. The maximum atomic E-state index is 5.54. The lowest BCUT2D eigenvalue weighted by Gasteiger charge is -2.31. The predicted octanol–water partition coefficient (Wildman–Crippen LogP) is 2.19. The van der Waals surface area contributed by atoms with Gasteiger partial charge in [-0.05, 0) is 55.4 Å². The van der Waals surface area contributed by atoms with Gasteiger partial charge in [-0.3, -0.25) is 0 Å². The van der Waals surface area contributed by atoms with Crippen molar-refractivity contribution in [1.82, 2.24) is 19.7 Å². The first-order chi connectivity index (χ1) is 13.6. The third-order valence-corrected chi connectivity index (χ3v) is 6.27. The Labute approximate surface area is 173 Å². The molecule has 1 aliphatic rings. The van der Waals surface area contributed by atoms with E-state index >= 15 is 0 Å². The lowest BCUT2D eigenvalue weighted by atomic mass is 10.1. The second kappa shape index (κ2) is 8.34. The number of nitrogens with zero attached hydrogens (tertiary/aromatic N) is 5. The summed E-state index contributed by atoms with van der Waals surface area (Å²) in [5.74, 6) is 0.812. The van der Waals surface area contributed by atoms with Crippen LogP contribution in [0.15, 0.2) is 36.7 Å². The van der Waals surface area contributed by atoms with Gasteiger partial charge in [-0.1, -0.05) is 17.4 Å². The van der Waals surface area contributed by atoms with Gasteiger partial charge in [0.1, 0.15) is 0 Å². The third kappa shape index (κ3) is 4.37. The highest BCUT2D eigenvalue weighted by Crippen LogP contribution is 2.22. The maximum absolute atomic E-state index is 5.54. The molecule has 2 N–H and O–H groups in total. The number of aryl methyl sites for hydroxylation is 2. The van der Waals surface area contributed by atoms with E-state index in [9.17, 15) is 0 Å². The molecule has 4 rings (SSSR count). The summed E-state index contributed by atoms with van der Waals surface area (Å²) in [7, 11) is 0. The summed E-state index contributed by atoms with van der Waals surface area (Å²) in [4.78, 5) is 12.4. The van der Waals surface area contributed by atoms with E-state index in [-0.39, 0.29) is 0 Å². The third-order valence-electron chi connectivity index (χ3n) is 5.04. The Kier molecular flexibility index (Phi) is 5.65. The molecule has 1 saturated heterocycles. The number of hydrogen-bond donors (Lipinski definition) is 2. The fourth-order valence-corrected chi connectivity index (χ4v) is 4.27. The van der Waals surface area contributed by atoms with Crippen molar-refractivity contribution in [2.45, 2.75) is 20.5 Å². The predicted molar refractivity (Wildman–Crippen MR) is 115 cm³/mol. The van der Waals surface area contributed by atoms with Crippen LogP contribution >= 0.6 is 23.6 Å². The average molecular weight is 415 g/mol. The summed E-state index contributed by atoms with van der Waals surface area (Å²) in [6, 6.07) is 8.18. The smallest absolute Gasteiger partial charge is 0.225 e. The lowest BCUT2D eigenvalue weighted by Crippen LogP contribution is -3.14. The van der Waals surface area contributed by atoms with E-state index in [1.807, 2.05) is 10.7 Å². The van der Waals surface area contributed by atoms with Gasteiger partial charge in [0.15, 0.2) is 10.6 Å². The molecule has 0 spiro atoms. The molecule has 0 bridgehead atoms. The normalized spacial score (nSPS) is 15.0. The minimum absolute atomic E-state index is 0.785. The van der Waals surface area contributed by atoms with Crippen LogP contribution in [-0.4, -0.2) is 45.9 Å². The van der Waals surface area contributed by atoms with E-state index in [2.05, 4.69) is 57.3 Å². The Bertz CT molecular complexity index is 991. The van der Waals surface area contributed by atoms with Crippen molar-refractivity contribution in [2.24, 2.45) is 0 Å². The zero-order valence-electron chi connectivity index (χ0n) is 16.1. The summed E-state index contributed by atoms with van der Waals surface area (Å²) in [6.07, 6.45) is 3.58. The van der Waals surface area contributed by atoms with Crippen molar-refractivity contribution < 1.29 is 4.90 Å². The van der Waals surface area contributed by atoms with Crippen LogP contribution in [0.2, 0.25) is 0 Å². The summed E-state index contributed by atoms with van der Waals surface area (Å²) in [5, 5.41) is 8.91. The molecule has 0 amide bonds. The molecule has 0 radical (unpaired) electrons. The van der Waals surface area contributed by atoms with Crippen molar-refractivity contribution >= 4 is 40.3 Å². The van der Waals surface area contributed by atoms with E-state index in [0.717, 1.165) is 53.6 Å². The number of hydrogen-bond acceptors (Lipinski definition) is 7. The molecule has 1 aromatic carbocycles. The Morgan fingerprint density at radius 2 is 1.89 bits per heavy atom. The molecule has 1 aliphatic heterocycles. The summed E-state index contributed by atoms with van der Waals surface area (Å²) >= 11 is 7.06. The van der Waals surface area contributed by atoms with Crippen LogP contribution < -0.4 is 15.1 Å². The molecular weight excluding hydrogens is 390 g/mol. The SMILES string of the molecule is Cc1ccc(Nc2nn(C[NH+]3CCN(c4ncccn4)CC3)c(=S)s2)cc1C. The fraction of sp³-hybridized carbons (Fsp3) is 0.368. The van der Waals surface area contributed by atoms with Gasteiger partial charge in [0.05, 0.1) is 26.2 Å². The molecule has 3 aromatic rings. The number of piperazine rings is 1. The molecule has 1 fully saturated rings. The van der Waals surface area contributed by atoms with Crippen LogP contribution in [0.3, 0.4) is 0 Å². The highest BCUT2D eigenvalue weighted by atomic mass is 32.1. The van der Waals surface area contributed by atoms with Crippen LogP contribution in [-0.2, 0) is 6.67 Å². The Hall–Kier alpha value is -2.36. The van der Waals surface area contributed by atoms with E-state index in [0.29, 0.717) is 0 Å². The molecule has 9 heteroatoms. The van der Waals surface area contributed by atoms with Crippen molar-refractivity contribution in [3.63, 3.8) is 0 Å². The van der Waals surface area contributed by atoms with E-state index in [1.165, 1.54) is 27.4 Å². The highest BCUT2D eigenvalue weighted by molar-refractivity contribution is 7.73. The zero-order chi connectivity index (χ0) is 19.5. The van der Waals surface area contributed by atoms with Gasteiger partial charge in [-0.25, -0.2) is 9.97 Å². The molecular formula is C19H24N7S2+. The number of benzene rings is 1. The molecule has 2 aromatic heterocycles. The van der Waals surface area contributed by atoms with Crippen LogP contribution in [0.1, 0.15) is 11.1 Å². The largest absolute Gasteiger partial charge is 0.330 e. The van der Waals surface area contributed by atoms with Gasteiger partial charge in [-0.2, -0.15) is 4.68 Å². The number of quaternary nitrogens is 1. The van der Waals surface area contributed by atoms with Crippen LogP contribution in [0, 0.1) is 17.8 Å². The molecule has 0 unspecified atom stereocenters. The Morgan fingerprint density at radius 1 is 1.14 bits per heavy atom. The van der Waals surface area contributed by atoms with Gasteiger partial charge in [0, 0.05) is 18.1 Å². The molecule has 0 saturated carbocycles. The van der Waals surface area contributed by atoms with Gasteiger partial charge < -0.3 is 15.1 Å². The van der Waals surface area contributed by atoms with Gasteiger partial charge in [0.25, 0.3) is 0 Å². The second-order valence-electron chi connectivity index (χ2n) is 7.04. The maximum Gasteiger partial charge on any atom is 0.225 e. The Balaban J connectivity index is 1.37. The van der Waals surface area contributed by atoms with Crippen LogP contribution in [0.25, 0.3) is 0 Å². The molecule has 146 valence electrons. The number of aromatic nitrogens is 4. The monoisotopic (exact) mass is 414 g/mol. The molecule has 0 atom stereocenters. The topological polar surface area (TPSA) is 63.3 Å². The summed E-state index contributed by atoms with van der Waals surface area (Å²) in [6.45, 7) is 8.91. The van der Waals surface area contributed by atoms with Crippen LogP contribution in [0.5, 0.6) is 0 Å². The first-order valence-corrected chi connectivity index (χ1v) is 10.6. The Morgan fingerprint density at radius 3 is 2.61 bits per heavy atom. The van der Waals surface area contributed by atoms with E-state index < -0.39 is 0 Å². The minimum Gasteiger partial charge on any atom is -0.330 e. The summed E-state index contributed by atoms with van der Waals surface area (Å²) < 4.78 is 2.74. The molecule has 3 heterocycles. The number of anilines is 3. The van der Waals surface area contributed by atoms with Gasteiger partial charge >= 0.3 is 0 Å². The van der Waals surface area contributed by atoms with Crippen LogP contribution in [0.4, 0.5) is 16.8 Å². The average Bonchev–Trinajstić information content (AvgIpc) is 3.05. The van der Waals surface area contributed by atoms with Gasteiger partial charge in [-0.15, -0.1) is 5.10 Å². The van der Waals surface area contributed by atoms with E-state index in [1.54, 1.807) is 12.4 Å².